The van der Waals surface area contributed by atoms with Crippen molar-refractivity contribution in [3.05, 3.63) is 66.0 Å². The molecule has 0 spiro atoms. The second kappa shape index (κ2) is 6.16. The van der Waals surface area contributed by atoms with E-state index in [1.807, 2.05) is 0 Å². The van der Waals surface area contributed by atoms with E-state index in [1.165, 1.54) is 18.2 Å². The van der Waals surface area contributed by atoms with Gasteiger partial charge in [-0.1, -0.05) is 12.1 Å². The highest BCUT2D eigenvalue weighted by Gasteiger charge is 2.31. The predicted molar refractivity (Wildman–Crippen MR) is 80.3 cm³/mol. The van der Waals surface area contributed by atoms with Crippen LogP contribution in [0.2, 0.25) is 0 Å². The average molecular weight is 314 g/mol. The summed E-state index contributed by atoms with van der Waals surface area (Å²) >= 11 is 0. The molecular formula is C17H15FN2O3. The fraction of sp³-hybridized carbons (Fsp3) is 0.235. The summed E-state index contributed by atoms with van der Waals surface area (Å²) in [7, 11) is 1.74. The topological polar surface area (TPSA) is 61.2 Å². The van der Waals surface area contributed by atoms with Crippen molar-refractivity contribution in [3.63, 3.8) is 0 Å². The largest absolute Gasteiger partial charge is 0.454 e. The maximum Gasteiger partial charge on any atom is 0.331 e. The van der Waals surface area contributed by atoms with Gasteiger partial charge in [-0.2, -0.15) is 0 Å². The van der Waals surface area contributed by atoms with E-state index in [1.54, 1.807) is 42.2 Å². The second-order valence-electron chi connectivity index (χ2n) is 5.41. The van der Waals surface area contributed by atoms with Crippen LogP contribution in [0, 0.1) is 5.82 Å². The van der Waals surface area contributed by atoms with E-state index in [0.717, 1.165) is 5.56 Å². The standard InChI is InChI=1S/C17H15FN2O3/c1-20-9-8-19-17(20)14(21)10-13(15-6-7-16(22)23-15)11-2-4-12(18)5-3-11/h2-9,13,15H,10H2,1H3/t13-,15-/m1/s1. The molecule has 0 bridgehead atoms. The highest BCUT2D eigenvalue weighted by molar-refractivity contribution is 5.93. The van der Waals surface area contributed by atoms with E-state index < -0.39 is 12.1 Å². The van der Waals surface area contributed by atoms with Gasteiger partial charge in [0.05, 0.1) is 0 Å². The van der Waals surface area contributed by atoms with Crippen LogP contribution in [0.25, 0.3) is 0 Å². The molecule has 0 radical (unpaired) electrons. The van der Waals surface area contributed by atoms with Crippen molar-refractivity contribution in [2.24, 2.45) is 7.05 Å². The van der Waals surface area contributed by atoms with Crippen LogP contribution in [0.5, 0.6) is 0 Å². The number of halogens is 1. The van der Waals surface area contributed by atoms with Crippen LogP contribution in [-0.2, 0) is 16.6 Å². The molecule has 23 heavy (non-hydrogen) atoms. The third kappa shape index (κ3) is 3.21. The molecule has 0 saturated heterocycles. The van der Waals surface area contributed by atoms with Crippen molar-refractivity contribution in [1.29, 1.82) is 0 Å². The van der Waals surface area contributed by atoms with Gasteiger partial charge in [0.1, 0.15) is 11.9 Å². The Hall–Kier alpha value is -2.76. The Morgan fingerprint density at radius 2 is 2.13 bits per heavy atom. The minimum Gasteiger partial charge on any atom is -0.454 e. The van der Waals surface area contributed by atoms with Gasteiger partial charge >= 0.3 is 5.97 Å². The average Bonchev–Trinajstić information content (AvgIpc) is 3.14. The molecule has 2 atom stereocenters. The Morgan fingerprint density at radius 1 is 1.39 bits per heavy atom. The number of benzene rings is 1. The molecule has 0 aliphatic carbocycles. The van der Waals surface area contributed by atoms with Gasteiger partial charge in [0.2, 0.25) is 0 Å². The van der Waals surface area contributed by atoms with Crippen molar-refractivity contribution >= 4 is 11.8 Å². The first kappa shape index (κ1) is 15.1. The first-order chi connectivity index (χ1) is 11.0. The summed E-state index contributed by atoms with van der Waals surface area (Å²) < 4.78 is 20.0. The number of aromatic nitrogens is 2. The van der Waals surface area contributed by atoms with Gasteiger partial charge in [-0.15, -0.1) is 0 Å². The number of hydrogen-bond acceptors (Lipinski definition) is 4. The van der Waals surface area contributed by atoms with Crippen LogP contribution in [0.4, 0.5) is 4.39 Å². The Balaban J connectivity index is 1.87. The van der Waals surface area contributed by atoms with Crippen LogP contribution >= 0.6 is 0 Å². The molecule has 2 aromatic rings. The molecule has 118 valence electrons. The summed E-state index contributed by atoms with van der Waals surface area (Å²) in [5, 5.41) is 0. The number of Topliss-reactive ketones (excluding diaryl/α,β-unsaturated/α-hetero) is 1. The zero-order valence-corrected chi connectivity index (χ0v) is 12.5. The molecule has 0 unspecified atom stereocenters. The van der Waals surface area contributed by atoms with Gasteiger partial charge in [-0.05, 0) is 23.8 Å². The maximum atomic E-state index is 13.1. The van der Waals surface area contributed by atoms with Crippen molar-refractivity contribution < 1.29 is 18.7 Å². The highest BCUT2D eigenvalue weighted by atomic mass is 19.1. The third-order valence-corrected chi connectivity index (χ3v) is 3.84. The summed E-state index contributed by atoms with van der Waals surface area (Å²) in [5.74, 6) is -1.01. The molecule has 0 amide bonds. The maximum absolute atomic E-state index is 13.1. The zero-order valence-electron chi connectivity index (χ0n) is 12.5. The normalized spacial score (nSPS) is 18.0. The van der Waals surface area contributed by atoms with Crippen molar-refractivity contribution in [2.75, 3.05) is 0 Å². The number of rotatable bonds is 5. The van der Waals surface area contributed by atoms with Gasteiger partial charge in [0.25, 0.3) is 0 Å². The number of ether oxygens (including phenoxy) is 1. The van der Waals surface area contributed by atoms with Crippen molar-refractivity contribution in [3.8, 4) is 0 Å². The summed E-state index contributed by atoms with van der Waals surface area (Å²) in [6, 6.07) is 5.86. The first-order valence-electron chi connectivity index (χ1n) is 7.19. The lowest BCUT2D eigenvalue weighted by Crippen LogP contribution is -2.23. The molecule has 1 aromatic heterocycles. The molecule has 2 heterocycles. The van der Waals surface area contributed by atoms with Gasteiger partial charge in [-0.25, -0.2) is 14.2 Å². The Bertz CT molecular complexity index is 764. The quantitative estimate of drug-likeness (QED) is 0.628. The number of aryl methyl sites for hydroxylation is 1. The van der Waals surface area contributed by atoms with E-state index in [-0.39, 0.29) is 23.9 Å². The van der Waals surface area contributed by atoms with Gasteiger partial charge in [-0.3, -0.25) is 4.79 Å². The smallest absolute Gasteiger partial charge is 0.331 e. The molecule has 1 aliphatic heterocycles. The number of esters is 1. The van der Waals surface area contributed by atoms with Crippen molar-refractivity contribution in [1.82, 2.24) is 9.55 Å². The van der Waals surface area contributed by atoms with E-state index in [2.05, 4.69) is 4.98 Å². The summed E-state index contributed by atoms with van der Waals surface area (Å²) in [6.07, 6.45) is 5.77. The van der Waals surface area contributed by atoms with Crippen molar-refractivity contribution in [2.45, 2.75) is 18.4 Å². The Kier molecular flexibility index (Phi) is 4.06. The molecule has 3 rings (SSSR count). The van der Waals surface area contributed by atoms with E-state index in [0.29, 0.717) is 5.82 Å². The SMILES string of the molecule is Cn1ccnc1C(=O)C[C@H](c1ccc(F)cc1)[C@H]1C=CC(=O)O1. The monoisotopic (exact) mass is 314 g/mol. The number of hydrogen-bond donors (Lipinski definition) is 0. The summed E-state index contributed by atoms with van der Waals surface area (Å²) in [5.41, 5.74) is 0.735. The highest BCUT2D eigenvalue weighted by Crippen LogP contribution is 2.30. The molecule has 6 heteroatoms. The van der Waals surface area contributed by atoms with Gasteiger partial charge < -0.3 is 9.30 Å². The number of nitrogens with zero attached hydrogens (tertiary/aromatic N) is 2. The van der Waals surface area contributed by atoms with Crippen LogP contribution in [0.1, 0.15) is 28.5 Å². The summed E-state index contributed by atoms with van der Waals surface area (Å²) in [4.78, 5) is 27.9. The number of carbonyl (C=O) groups excluding carboxylic acids is 2. The van der Waals surface area contributed by atoms with Crippen LogP contribution in [0.15, 0.2) is 48.8 Å². The molecule has 0 fully saturated rings. The second-order valence-corrected chi connectivity index (χ2v) is 5.41. The number of cyclic esters (lactones) is 1. The van der Waals surface area contributed by atoms with E-state index in [4.69, 9.17) is 4.74 Å². The van der Waals surface area contributed by atoms with Crippen LogP contribution in [-0.4, -0.2) is 27.4 Å². The van der Waals surface area contributed by atoms with E-state index in [9.17, 15) is 14.0 Å². The minimum atomic E-state index is -0.544. The first-order valence-corrected chi connectivity index (χ1v) is 7.19. The lowest BCUT2D eigenvalue weighted by atomic mass is 9.88. The number of ketones is 1. The Labute approximate surface area is 132 Å². The van der Waals surface area contributed by atoms with Gasteiger partial charge in [0.15, 0.2) is 11.6 Å². The fourth-order valence-corrected chi connectivity index (χ4v) is 2.66. The molecular weight excluding hydrogens is 299 g/mol. The number of carbonyl (C=O) groups is 2. The molecule has 0 N–H and O–H groups in total. The molecule has 5 nitrogen and oxygen atoms in total. The minimum absolute atomic E-state index is 0.110. The fourth-order valence-electron chi connectivity index (χ4n) is 2.66. The lowest BCUT2D eigenvalue weighted by Gasteiger charge is -2.21. The van der Waals surface area contributed by atoms with E-state index >= 15 is 0 Å². The van der Waals surface area contributed by atoms with Crippen LogP contribution in [0.3, 0.4) is 0 Å². The Morgan fingerprint density at radius 3 is 2.70 bits per heavy atom. The summed E-state index contributed by atoms with van der Waals surface area (Å²) in [6.45, 7) is 0. The predicted octanol–water partition coefficient (Wildman–Crippen LogP) is 2.40. The van der Waals surface area contributed by atoms with Gasteiger partial charge in [0, 0.05) is 37.9 Å². The third-order valence-electron chi connectivity index (χ3n) is 3.84. The zero-order chi connectivity index (χ0) is 16.4. The molecule has 1 aromatic carbocycles. The number of imidazole rings is 1. The van der Waals surface area contributed by atoms with Crippen LogP contribution < -0.4 is 0 Å². The molecule has 1 aliphatic rings. The lowest BCUT2D eigenvalue weighted by molar-refractivity contribution is -0.139. The molecule has 0 saturated carbocycles.